The summed E-state index contributed by atoms with van der Waals surface area (Å²) in [6, 6.07) is 3.59. The summed E-state index contributed by atoms with van der Waals surface area (Å²) in [6.45, 7) is 4.92. The average molecular weight is 425 g/mol. The average Bonchev–Trinajstić information content (AvgIpc) is 3.43. The van der Waals surface area contributed by atoms with E-state index < -0.39 is 40.7 Å². The first kappa shape index (κ1) is 21.7. The SMILES string of the molecule is Cc1ccc(S(=O)(=O)N2CC(O)C[C@H]2C(=O)OCC(=O)NC(C)C2CC2)cc1C. The molecule has 160 valence electrons. The molecule has 2 N–H and O–H groups in total. The van der Waals surface area contributed by atoms with Crippen LogP contribution >= 0.6 is 0 Å². The predicted octanol–water partition coefficient (Wildman–Crippen LogP) is 0.885. The van der Waals surface area contributed by atoms with E-state index in [4.69, 9.17) is 4.74 Å². The van der Waals surface area contributed by atoms with Crippen molar-refractivity contribution in [3.63, 3.8) is 0 Å². The number of aliphatic hydroxyl groups is 1. The number of β-amino-alcohol motifs (C(OH)–C–C–N with tert-alkyl or cyclic N) is 1. The summed E-state index contributed by atoms with van der Waals surface area (Å²) in [5.41, 5.74) is 1.76. The summed E-state index contributed by atoms with van der Waals surface area (Å²) >= 11 is 0. The van der Waals surface area contributed by atoms with Crippen LogP contribution in [0.3, 0.4) is 0 Å². The maximum atomic E-state index is 13.1. The third-order valence-electron chi connectivity index (χ3n) is 5.65. The molecule has 0 spiro atoms. The molecule has 1 heterocycles. The first-order chi connectivity index (χ1) is 13.6. The van der Waals surface area contributed by atoms with Crippen LogP contribution in [-0.2, 0) is 24.3 Å². The highest BCUT2D eigenvalue weighted by atomic mass is 32.2. The Morgan fingerprint density at radius 2 is 1.97 bits per heavy atom. The molecule has 0 bridgehead atoms. The number of hydrogen-bond acceptors (Lipinski definition) is 6. The van der Waals surface area contributed by atoms with Gasteiger partial charge in [0.1, 0.15) is 6.04 Å². The molecule has 1 saturated carbocycles. The number of ether oxygens (including phenoxy) is 1. The van der Waals surface area contributed by atoms with Crippen LogP contribution in [0.25, 0.3) is 0 Å². The number of carbonyl (C=O) groups is 2. The van der Waals surface area contributed by atoms with E-state index in [-0.39, 0.29) is 23.9 Å². The lowest BCUT2D eigenvalue weighted by atomic mass is 10.1. The van der Waals surface area contributed by atoms with Crippen LogP contribution in [0.2, 0.25) is 0 Å². The number of esters is 1. The molecule has 1 aliphatic heterocycles. The number of nitrogens with zero attached hydrogens (tertiary/aromatic N) is 1. The summed E-state index contributed by atoms with van der Waals surface area (Å²) in [6.07, 6.45) is 1.11. The standard InChI is InChI=1S/C20H28N2O6S/c1-12-4-7-17(8-13(12)2)29(26,27)22-10-16(23)9-18(22)20(25)28-11-19(24)21-14(3)15-5-6-15/h4,7-8,14-16,18,23H,5-6,9-11H2,1-3H3,(H,21,24)/t14?,16?,18-/m0/s1. The number of carbonyl (C=O) groups excluding carboxylic acids is 2. The number of amides is 1. The fourth-order valence-electron chi connectivity index (χ4n) is 3.52. The summed E-state index contributed by atoms with van der Waals surface area (Å²) in [4.78, 5) is 24.5. The van der Waals surface area contributed by atoms with Crippen molar-refractivity contribution in [2.75, 3.05) is 13.2 Å². The van der Waals surface area contributed by atoms with Crippen LogP contribution in [0, 0.1) is 19.8 Å². The van der Waals surface area contributed by atoms with Crippen molar-refractivity contribution in [2.45, 2.75) is 63.1 Å². The van der Waals surface area contributed by atoms with Crippen LogP contribution in [0.1, 0.15) is 37.3 Å². The van der Waals surface area contributed by atoms with E-state index in [2.05, 4.69) is 5.32 Å². The van der Waals surface area contributed by atoms with Gasteiger partial charge in [-0.3, -0.25) is 9.59 Å². The van der Waals surface area contributed by atoms with Gasteiger partial charge in [0, 0.05) is 19.0 Å². The molecule has 0 aromatic heterocycles. The highest BCUT2D eigenvalue weighted by Crippen LogP contribution is 2.32. The van der Waals surface area contributed by atoms with Crippen molar-refractivity contribution >= 4 is 21.9 Å². The van der Waals surface area contributed by atoms with Crippen molar-refractivity contribution in [1.82, 2.24) is 9.62 Å². The molecule has 0 radical (unpaired) electrons. The molecule has 2 unspecified atom stereocenters. The van der Waals surface area contributed by atoms with E-state index >= 15 is 0 Å². The molecule has 2 aliphatic rings. The van der Waals surface area contributed by atoms with Crippen LogP contribution in [0.15, 0.2) is 23.1 Å². The highest BCUT2D eigenvalue weighted by molar-refractivity contribution is 7.89. The first-order valence-electron chi connectivity index (χ1n) is 9.82. The van der Waals surface area contributed by atoms with Crippen molar-refractivity contribution in [3.8, 4) is 0 Å². The quantitative estimate of drug-likeness (QED) is 0.629. The molecule has 29 heavy (non-hydrogen) atoms. The Morgan fingerprint density at radius 1 is 1.28 bits per heavy atom. The molecule has 2 fully saturated rings. The Labute approximate surface area is 171 Å². The minimum atomic E-state index is -3.99. The lowest BCUT2D eigenvalue weighted by Gasteiger charge is -2.23. The number of nitrogens with one attached hydrogen (secondary N) is 1. The van der Waals surface area contributed by atoms with Gasteiger partial charge < -0.3 is 15.2 Å². The van der Waals surface area contributed by atoms with Gasteiger partial charge in [-0.2, -0.15) is 4.31 Å². The lowest BCUT2D eigenvalue weighted by Crippen LogP contribution is -2.43. The molecule has 9 heteroatoms. The largest absolute Gasteiger partial charge is 0.454 e. The Morgan fingerprint density at radius 3 is 2.59 bits per heavy atom. The summed E-state index contributed by atoms with van der Waals surface area (Å²) in [5.74, 6) is -0.777. The normalized spacial score (nSPS) is 23.6. The second kappa shape index (κ2) is 8.41. The summed E-state index contributed by atoms with van der Waals surface area (Å²) in [7, 11) is -3.99. The molecule has 1 aromatic rings. The third-order valence-corrected chi connectivity index (χ3v) is 7.52. The van der Waals surface area contributed by atoms with Crippen molar-refractivity contribution in [1.29, 1.82) is 0 Å². The zero-order valence-corrected chi connectivity index (χ0v) is 17.7. The van der Waals surface area contributed by atoms with Crippen LogP contribution in [0.4, 0.5) is 0 Å². The molecule has 3 rings (SSSR count). The Bertz CT molecular complexity index is 896. The predicted molar refractivity (Wildman–Crippen MR) is 106 cm³/mol. The van der Waals surface area contributed by atoms with E-state index in [0.717, 1.165) is 28.3 Å². The molecular formula is C20H28N2O6S. The molecule has 1 saturated heterocycles. The fourth-order valence-corrected chi connectivity index (χ4v) is 5.23. The van der Waals surface area contributed by atoms with Gasteiger partial charge >= 0.3 is 5.97 Å². The Hall–Kier alpha value is -1.97. The minimum absolute atomic E-state index is 0.0242. The van der Waals surface area contributed by atoms with Gasteiger partial charge in [0.2, 0.25) is 10.0 Å². The van der Waals surface area contributed by atoms with E-state index in [0.29, 0.717) is 5.92 Å². The molecule has 1 aromatic carbocycles. The number of aliphatic hydroxyl groups excluding tert-OH is 1. The zero-order chi connectivity index (χ0) is 21.3. The first-order valence-corrected chi connectivity index (χ1v) is 11.3. The van der Waals surface area contributed by atoms with Crippen LogP contribution in [0.5, 0.6) is 0 Å². The smallest absolute Gasteiger partial charge is 0.325 e. The summed E-state index contributed by atoms with van der Waals surface area (Å²) < 4.78 is 32.1. The minimum Gasteiger partial charge on any atom is -0.454 e. The second-order valence-corrected chi connectivity index (χ2v) is 9.92. The van der Waals surface area contributed by atoms with Crippen molar-refractivity contribution in [2.24, 2.45) is 5.92 Å². The second-order valence-electron chi connectivity index (χ2n) is 8.03. The fraction of sp³-hybridized carbons (Fsp3) is 0.600. The number of aryl methyl sites for hydroxylation is 2. The maximum absolute atomic E-state index is 13.1. The van der Waals surface area contributed by atoms with Gasteiger partial charge in [0.25, 0.3) is 5.91 Å². The number of hydrogen-bond donors (Lipinski definition) is 2. The van der Waals surface area contributed by atoms with Crippen LogP contribution in [-0.4, -0.2) is 61.0 Å². The van der Waals surface area contributed by atoms with Gasteiger partial charge in [-0.15, -0.1) is 0 Å². The van der Waals surface area contributed by atoms with E-state index in [1.165, 1.54) is 6.07 Å². The van der Waals surface area contributed by atoms with Gasteiger partial charge in [0.15, 0.2) is 6.61 Å². The van der Waals surface area contributed by atoms with E-state index in [9.17, 15) is 23.1 Å². The van der Waals surface area contributed by atoms with E-state index in [1.54, 1.807) is 19.1 Å². The van der Waals surface area contributed by atoms with Gasteiger partial charge in [-0.25, -0.2) is 8.42 Å². The Balaban J connectivity index is 1.67. The molecular weight excluding hydrogens is 396 g/mol. The van der Waals surface area contributed by atoms with Crippen molar-refractivity contribution < 1.29 is 27.9 Å². The highest BCUT2D eigenvalue weighted by Gasteiger charge is 2.44. The molecule has 1 aliphatic carbocycles. The Kier molecular flexibility index (Phi) is 6.30. The zero-order valence-electron chi connectivity index (χ0n) is 16.9. The van der Waals surface area contributed by atoms with Crippen molar-refractivity contribution in [3.05, 3.63) is 29.3 Å². The summed E-state index contributed by atoms with van der Waals surface area (Å²) in [5, 5.41) is 12.8. The number of rotatable bonds is 7. The van der Waals surface area contributed by atoms with E-state index in [1.807, 2.05) is 13.8 Å². The molecule has 8 nitrogen and oxygen atoms in total. The molecule has 1 amide bonds. The monoisotopic (exact) mass is 424 g/mol. The topological polar surface area (TPSA) is 113 Å². The third kappa shape index (κ3) is 4.96. The number of benzene rings is 1. The van der Waals surface area contributed by atoms with Gasteiger partial charge in [-0.05, 0) is 62.8 Å². The van der Waals surface area contributed by atoms with Gasteiger partial charge in [0.05, 0.1) is 11.0 Å². The number of sulfonamides is 1. The van der Waals surface area contributed by atoms with Gasteiger partial charge in [-0.1, -0.05) is 6.07 Å². The molecule has 3 atom stereocenters. The lowest BCUT2D eigenvalue weighted by molar-refractivity contribution is -0.151. The maximum Gasteiger partial charge on any atom is 0.325 e. The van der Waals surface area contributed by atoms with Crippen LogP contribution < -0.4 is 5.32 Å².